The van der Waals surface area contributed by atoms with Crippen LogP contribution in [0.3, 0.4) is 0 Å². The van der Waals surface area contributed by atoms with Crippen LogP contribution >= 0.6 is 11.3 Å². The number of carbonyl (C=O) groups is 3. The summed E-state index contributed by atoms with van der Waals surface area (Å²) in [7, 11) is 2.76. The molecule has 0 unspecified atom stereocenters. The smallest absolute Gasteiger partial charge is 0.341 e. The first kappa shape index (κ1) is 23.0. The molecular formula is C24H24N2O5S. The molecule has 0 saturated carbocycles. The molecule has 2 aromatic carbocycles. The van der Waals surface area contributed by atoms with Crippen LogP contribution in [0.15, 0.2) is 42.5 Å². The van der Waals surface area contributed by atoms with E-state index >= 15 is 0 Å². The Hall–Kier alpha value is -3.65. The number of amides is 2. The molecule has 2 amide bonds. The number of hydrogen-bond acceptors (Lipinski definition) is 6. The normalized spacial score (nSPS) is 10.4. The monoisotopic (exact) mass is 452 g/mol. The van der Waals surface area contributed by atoms with Crippen molar-refractivity contribution in [2.45, 2.75) is 20.8 Å². The summed E-state index contributed by atoms with van der Waals surface area (Å²) in [6, 6.07) is 12.4. The number of ether oxygens (including phenoxy) is 2. The van der Waals surface area contributed by atoms with Crippen LogP contribution in [-0.4, -0.2) is 32.0 Å². The van der Waals surface area contributed by atoms with Gasteiger partial charge in [-0.05, 0) is 61.7 Å². The van der Waals surface area contributed by atoms with Crippen molar-refractivity contribution in [1.29, 1.82) is 0 Å². The predicted molar refractivity (Wildman–Crippen MR) is 125 cm³/mol. The predicted octanol–water partition coefficient (Wildman–Crippen LogP) is 4.97. The van der Waals surface area contributed by atoms with E-state index in [1.165, 1.54) is 14.2 Å². The molecule has 7 nitrogen and oxygen atoms in total. The minimum Gasteiger partial charge on any atom is -0.497 e. The Balaban J connectivity index is 1.95. The first-order valence-electron chi connectivity index (χ1n) is 9.80. The standard InChI is InChI=1S/C24H24N2O5S/c1-13-9-10-14(2)18(11-13)25-22(28)20-15(3)19(24(29)31-5)23(32-20)26-21(27)16-7-6-8-17(12-16)30-4/h6-12H,1-5H3,(H,25,28)(H,26,27). The van der Waals surface area contributed by atoms with Crippen LogP contribution in [0.25, 0.3) is 0 Å². The Kier molecular flexibility index (Phi) is 6.95. The zero-order valence-corrected chi connectivity index (χ0v) is 19.3. The number of nitrogens with one attached hydrogen (secondary N) is 2. The summed E-state index contributed by atoms with van der Waals surface area (Å²) in [6.45, 7) is 5.49. The van der Waals surface area contributed by atoms with E-state index in [0.717, 1.165) is 22.5 Å². The largest absolute Gasteiger partial charge is 0.497 e. The summed E-state index contributed by atoms with van der Waals surface area (Å²) < 4.78 is 10.1. The summed E-state index contributed by atoms with van der Waals surface area (Å²) >= 11 is 1.02. The topological polar surface area (TPSA) is 93.7 Å². The number of aryl methyl sites for hydroxylation is 2. The molecule has 0 aliphatic rings. The summed E-state index contributed by atoms with van der Waals surface area (Å²) in [6.07, 6.45) is 0. The highest BCUT2D eigenvalue weighted by Gasteiger charge is 2.27. The van der Waals surface area contributed by atoms with E-state index in [4.69, 9.17) is 9.47 Å². The average molecular weight is 453 g/mol. The van der Waals surface area contributed by atoms with Crippen molar-refractivity contribution in [3.8, 4) is 5.75 Å². The number of carbonyl (C=O) groups excluding carboxylic acids is 3. The lowest BCUT2D eigenvalue weighted by molar-refractivity contribution is 0.0601. The highest BCUT2D eigenvalue weighted by atomic mass is 32.1. The molecule has 0 spiro atoms. The molecule has 0 fully saturated rings. The van der Waals surface area contributed by atoms with Gasteiger partial charge in [-0.3, -0.25) is 9.59 Å². The molecule has 0 saturated heterocycles. The number of hydrogen-bond donors (Lipinski definition) is 2. The van der Waals surface area contributed by atoms with E-state index in [-0.39, 0.29) is 16.5 Å². The van der Waals surface area contributed by atoms with Crippen molar-refractivity contribution < 1.29 is 23.9 Å². The van der Waals surface area contributed by atoms with Gasteiger partial charge >= 0.3 is 5.97 Å². The maximum absolute atomic E-state index is 13.0. The molecule has 0 aliphatic heterocycles. The maximum atomic E-state index is 13.0. The van der Waals surface area contributed by atoms with Crippen LogP contribution in [0.1, 0.15) is 47.1 Å². The Morgan fingerprint density at radius 2 is 1.66 bits per heavy atom. The second-order valence-corrected chi connectivity index (χ2v) is 8.23. The van der Waals surface area contributed by atoms with Crippen LogP contribution in [0.2, 0.25) is 0 Å². The van der Waals surface area contributed by atoms with Gasteiger partial charge in [0.25, 0.3) is 11.8 Å². The molecule has 2 N–H and O–H groups in total. The molecule has 0 aliphatic carbocycles. The van der Waals surface area contributed by atoms with E-state index in [1.807, 2.05) is 32.0 Å². The molecule has 8 heteroatoms. The van der Waals surface area contributed by atoms with Crippen molar-refractivity contribution >= 4 is 39.8 Å². The third-order valence-electron chi connectivity index (χ3n) is 4.94. The van der Waals surface area contributed by atoms with Crippen molar-refractivity contribution in [3.05, 3.63) is 75.2 Å². The minimum atomic E-state index is -0.634. The Bertz CT molecular complexity index is 1200. The highest BCUT2D eigenvalue weighted by Crippen LogP contribution is 2.35. The summed E-state index contributed by atoms with van der Waals surface area (Å²) in [4.78, 5) is 38.6. The number of thiophene rings is 1. The first-order valence-corrected chi connectivity index (χ1v) is 10.6. The first-order chi connectivity index (χ1) is 15.2. The van der Waals surface area contributed by atoms with E-state index in [0.29, 0.717) is 27.4 Å². The van der Waals surface area contributed by atoms with Crippen LogP contribution in [0, 0.1) is 20.8 Å². The van der Waals surface area contributed by atoms with Gasteiger partial charge in [-0.2, -0.15) is 0 Å². The van der Waals surface area contributed by atoms with Crippen molar-refractivity contribution in [2.24, 2.45) is 0 Å². The van der Waals surface area contributed by atoms with Crippen LogP contribution < -0.4 is 15.4 Å². The maximum Gasteiger partial charge on any atom is 0.341 e. The molecule has 1 aromatic heterocycles. The van der Waals surface area contributed by atoms with Crippen LogP contribution in [0.5, 0.6) is 5.75 Å². The second kappa shape index (κ2) is 9.65. The molecule has 3 rings (SSSR count). The fraction of sp³-hybridized carbons (Fsp3) is 0.208. The van der Waals surface area contributed by atoms with Gasteiger partial charge in [-0.15, -0.1) is 11.3 Å². The van der Waals surface area contributed by atoms with Gasteiger partial charge in [0.2, 0.25) is 0 Å². The third kappa shape index (κ3) is 4.81. The lowest BCUT2D eigenvalue weighted by Crippen LogP contribution is -2.14. The van der Waals surface area contributed by atoms with E-state index in [1.54, 1.807) is 31.2 Å². The van der Waals surface area contributed by atoms with Gasteiger partial charge in [0.05, 0.1) is 24.7 Å². The SMILES string of the molecule is COC(=O)c1c(NC(=O)c2cccc(OC)c2)sc(C(=O)Nc2cc(C)ccc2C)c1C. The van der Waals surface area contributed by atoms with Crippen molar-refractivity contribution in [1.82, 2.24) is 0 Å². The van der Waals surface area contributed by atoms with Gasteiger partial charge in [-0.25, -0.2) is 4.79 Å². The lowest BCUT2D eigenvalue weighted by Gasteiger charge is -2.09. The van der Waals surface area contributed by atoms with Gasteiger partial charge in [-0.1, -0.05) is 18.2 Å². The fourth-order valence-corrected chi connectivity index (χ4v) is 4.24. The molecule has 0 radical (unpaired) electrons. The van der Waals surface area contributed by atoms with E-state index in [2.05, 4.69) is 10.6 Å². The minimum absolute atomic E-state index is 0.153. The van der Waals surface area contributed by atoms with Crippen molar-refractivity contribution in [2.75, 3.05) is 24.9 Å². The van der Waals surface area contributed by atoms with Crippen LogP contribution in [-0.2, 0) is 4.74 Å². The number of benzene rings is 2. The Morgan fingerprint density at radius 3 is 2.34 bits per heavy atom. The van der Waals surface area contributed by atoms with Gasteiger partial charge in [0, 0.05) is 11.3 Å². The number of methoxy groups -OCH3 is 2. The zero-order chi connectivity index (χ0) is 23.4. The molecule has 3 aromatic rings. The summed E-state index contributed by atoms with van der Waals surface area (Å²) in [5, 5.41) is 5.88. The van der Waals surface area contributed by atoms with Gasteiger partial charge < -0.3 is 20.1 Å². The Morgan fingerprint density at radius 1 is 0.906 bits per heavy atom. The molecule has 166 valence electrons. The van der Waals surface area contributed by atoms with E-state index in [9.17, 15) is 14.4 Å². The number of esters is 1. The quantitative estimate of drug-likeness (QED) is 0.515. The lowest BCUT2D eigenvalue weighted by atomic mass is 10.1. The summed E-state index contributed by atoms with van der Waals surface area (Å²) in [5.41, 5.74) is 3.55. The molecular weight excluding hydrogens is 428 g/mol. The highest BCUT2D eigenvalue weighted by molar-refractivity contribution is 7.19. The van der Waals surface area contributed by atoms with Gasteiger partial charge in [0.1, 0.15) is 10.8 Å². The number of anilines is 2. The Labute approximate surface area is 190 Å². The van der Waals surface area contributed by atoms with E-state index < -0.39 is 11.9 Å². The molecule has 1 heterocycles. The molecule has 32 heavy (non-hydrogen) atoms. The van der Waals surface area contributed by atoms with Crippen molar-refractivity contribution in [3.63, 3.8) is 0 Å². The number of rotatable bonds is 6. The van der Waals surface area contributed by atoms with Gasteiger partial charge in [0.15, 0.2) is 0 Å². The van der Waals surface area contributed by atoms with Crippen LogP contribution in [0.4, 0.5) is 10.7 Å². The second-order valence-electron chi connectivity index (χ2n) is 7.21. The molecule has 0 bridgehead atoms. The molecule has 0 atom stereocenters. The summed E-state index contributed by atoms with van der Waals surface area (Å²) in [5.74, 6) is -0.905. The third-order valence-corrected chi connectivity index (χ3v) is 6.15. The zero-order valence-electron chi connectivity index (χ0n) is 18.5. The average Bonchev–Trinajstić information content (AvgIpc) is 3.11. The fourth-order valence-electron chi connectivity index (χ4n) is 3.16.